The molecule has 170 valence electrons. The maximum atomic E-state index is 12.3. The van der Waals surface area contributed by atoms with E-state index in [9.17, 15) is 14.4 Å². The van der Waals surface area contributed by atoms with Gasteiger partial charge in [-0.3, -0.25) is 20.0 Å². The van der Waals surface area contributed by atoms with Crippen molar-refractivity contribution in [3.05, 3.63) is 65.5 Å². The highest BCUT2D eigenvalue weighted by atomic mass is 16.5. The molecular weight excluding hydrogens is 426 g/mol. The number of H-pyrrole nitrogens is 1. The van der Waals surface area contributed by atoms with Crippen LogP contribution < -0.4 is 10.6 Å². The van der Waals surface area contributed by atoms with Crippen LogP contribution >= 0.6 is 0 Å². The number of carbonyl (C=O) groups excluding carboxylic acids is 2. The average Bonchev–Trinajstić information content (AvgIpc) is 3.40. The second-order valence-electron chi connectivity index (χ2n) is 7.74. The van der Waals surface area contributed by atoms with E-state index in [1.165, 1.54) is 0 Å². The summed E-state index contributed by atoms with van der Waals surface area (Å²) in [5.74, 6) is -2.35. The Morgan fingerprint density at radius 3 is 2.36 bits per heavy atom. The summed E-state index contributed by atoms with van der Waals surface area (Å²) in [7, 11) is 0. The first-order valence-electron chi connectivity index (χ1n) is 10.5. The van der Waals surface area contributed by atoms with E-state index in [1.54, 1.807) is 6.92 Å². The fraction of sp³-hybridized carbons (Fsp3) is 0.261. The van der Waals surface area contributed by atoms with Crippen LogP contribution in [-0.2, 0) is 9.53 Å². The van der Waals surface area contributed by atoms with Crippen molar-refractivity contribution in [2.75, 3.05) is 18.5 Å². The number of carbonyl (C=O) groups is 3. The molecule has 1 aliphatic rings. The number of carboxylic acids is 1. The van der Waals surface area contributed by atoms with Crippen LogP contribution in [0, 0.1) is 5.92 Å². The minimum Gasteiger partial charge on any atom is -0.481 e. The highest BCUT2D eigenvalue weighted by Crippen LogP contribution is 2.44. The molecular formula is C23H23N5O5. The van der Waals surface area contributed by atoms with Crippen molar-refractivity contribution in [2.45, 2.75) is 19.3 Å². The summed E-state index contributed by atoms with van der Waals surface area (Å²) < 4.78 is 5.43. The van der Waals surface area contributed by atoms with E-state index in [0.717, 1.165) is 22.3 Å². The number of ether oxygens (including phenoxy) is 1. The van der Waals surface area contributed by atoms with Crippen LogP contribution in [0.2, 0.25) is 0 Å². The molecule has 1 unspecified atom stereocenters. The van der Waals surface area contributed by atoms with Crippen LogP contribution in [0.25, 0.3) is 11.1 Å². The third-order valence-electron chi connectivity index (χ3n) is 5.54. The zero-order valence-electron chi connectivity index (χ0n) is 17.9. The Morgan fingerprint density at radius 1 is 1.09 bits per heavy atom. The molecule has 0 fully saturated rings. The molecule has 0 radical (unpaired) electrons. The maximum absolute atomic E-state index is 12.3. The SMILES string of the molecule is CC(CCNC(=O)c1nc(NC(=O)OCC2c3ccccc3-c3ccccc32)n[nH]1)C(=O)O. The lowest BCUT2D eigenvalue weighted by molar-refractivity contribution is -0.141. The smallest absolute Gasteiger partial charge is 0.414 e. The number of hydrogen-bond donors (Lipinski definition) is 4. The van der Waals surface area contributed by atoms with Gasteiger partial charge >= 0.3 is 12.1 Å². The van der Waals surface area contributed by atoms with Crippen molar-refractivity contribution in [1.82, 2.24) is 20.5 Å². The van der Waals surface area contributed by atoms with Crippen LogP contribution in [0.4, 0.5) is 10.7 Å². The third-order valence-corrected chi connectivity index (χ3v) is 5.54. The van der Waals surface area contributed by atoms with E-state index in [2.05, 4.69) is 37.9 Å². The Hall–Kier alpha value is -4.21. The lowest BCUT2D eigenvalue weighted by Crippen LogP contribution is -2.28. The first-order valence-corrected chi connectivity index (χ1v) is 10.5. The number of hydrogen-bond acceptors (Lipinski definition) is 6. The molecule has 0 aliphatic heterocycles. The number of aromatic nitrogens is 3. The third kappa shape index (κ3) is 4.84. The molecule has 1 aliphatic carbocycles. The topological polar surface area (TPSA) is 146 Å². The van der Waals surface area contributed by atoms with Gasteiger partial charge in [-0.25, -0.2) is 4.79 Å². The summed E-state index contributed by atoms with van der Waals surface area (Å²) in [6, 6.07) is 16.0. The summed E-state index contributed by atoms with van der Waals surface area (Å²) in [5.41, 5.74) is 4.45. The number of carboxylic acid groups (broad SMARTS) is 1. The lowest BCUT2D eigenvalue weighted by atomic mass is 9.98. The van der Waals surface area contributed by atoms with Crippen molar-refractivity contribution in [3.8, 4) is 11.1 Å². The van der Waals surface area contributed by atoms with Crippen molar-refractivity contribution < 1.29 is 24.2 Å². The normalized spacial score (nSPS) is 13.0. The second kappa shape index (κ2) is 9.51. The van der Waals surface area contributed by atoms with Crippen LogP contribution in [0.3, 0.4) is 0 Å². The fourth-order valence-electron chi connectivity index (χ4n) is 3.75. The van der Waals surface area contributed by atoms with E-state index in [0.29, 0.717) is 0 Å². The molecule has 4 rings (SSSR count). The molecule has 3 aromatic rings. The fourth-order valence-corrected chi connectivity index (χ4v) is 3.75. The summed E-state index contributed by atoms with van der Waals surface area (Å²) >= 11 is 0. The minimum absolute atomic E-state index is 0.0789. The van der Waals surface area contributed by atoms with Crippen LogP contribution in [0.5, 0.6) is 0 Å². The largest absolute Gasteiger partial charge is 0.481 e. The first kappa shape index (κ1) is 22.0. The van der Waals surface area contributed by atoms with Crippen LogP contribution in [0.15, 0.2) is 48.5 Å². The second-order valence-corrected chi connectivity index (χ2v) is 7.74. The molecule has 10 heteroatoms. The zero-order valence-corrected chi connectivity index (χ0v) is 17.9. The average molecular weight is 449 g/mol. The van der Waals surface area contributed by atoms with Crippen molar-refractivity contribution >= 4 is 23.9 Å². The lowest BCUT2D eigenvalue weighted by Gasteiger charge is -2.13. The molecule has 33 heavy (non-hydrogen) atoms. The summed E-state index contributed by atoms with van der Waals surface area (Å²) in [6.45, 7) is 1.86. The number of anilines is 1. The molecule has 1 atom stereocenters. The van der Waals surface area contributed by atoms with Gasteiger partial charge < -0.3 is 15.2 Å². The van der Waals surface area contributed by atoms with Gasteiger partial charge in [-0.1, -0.05) is 55.5 Å². The van der Waals surface area contributed by atoms with Gasteiger partial charge in [-0.2, -0.15) is 4.98 Å². The Kier molecular flexibility index (Phi) is 6.34. The molecule has 0 saturated heterocycles. The number of aromatic amines is 1. The number of benzene rings is 2. The summed E-state index contributed by atoms with van der Waals surface area (Å²) in [4.78, 5) is 39.1. The maximum Gasteiger partial charge on any atom is 0.414 e. The van der Waals surface area contributed by atoms with Gasteiger partial charge in [0.05, 0.1) is 5.92 Å². The standard InChI is InChI=1S/C23H23N5O5/c1-13(21(30)31)10-11-24-20(29)19-25-22(28-27-19)26-23(32)33-12-18-16-8-4-2-6-14(16)15-7-3-5-9-17(15)18/h2-9,13,18H,10-12H2,1H3,(H,24,29)(H,30,31)(H2,25,26,27,28,32). The number of aliphatic carboxylic acids is 1. The van der Waals surface area contributed by atoms with Gasteiger partial charge in [0.25, 0.3) is 11.9 Å². The van der Waals surface area contributed by atoms with E-state index in [1.807, 2.05) is 36.4 Å². The highest BCUT2D eigenvalue weighted by Gasteiger charge is 2.29. The molecule has 0 bridgehead atoms. The first-order chi connectivity index (χ1) is 15.9. The van der Waals surface area contributed by atoms with Gasteiger partial charge in [0.2, 0.25) is 5.82 Å². The summed E-state index contributed by atoms with van der Waals surface area (Å²) in [5, 5.41) is 20.1. The Labute approximate surface area is 189 Å². The molecule has 1 aromatic heterocycles. The van der Waals surface area contributed by atoms with Crippen LogP contribution in [-0.4, -0.2) is 51.4 Å². The van der Waals surface area contributed by atoms with E-state index < -0.39 is 23.9 Å². The summed E-state index contributed by atoms with van der Waals surface area (Å²) in [6.07, 6.45) is -0.460. The monoisotopic (exact) mass is 449 g/mol. The van der Waals surface area contributed by atoms with Crippen molar-refractivity contribution in [3.63, 3.8) is 0 Å². The Balaban J connectivity index is 1.31. The van der Waals surface area contributed by atoms with Gasteiger partial charge in [0.1, 0.15) is 6.61 Å². The molecule has 0 saturated carbocycles. The number of nitrogens with one attached hydrogen (secondary N) is 3. The molecule has 1 heterocycles. The Bertz CT molecular complexity index is 1150. The number of nitrogens with zero attached hydrogens (tertiary/aromatic N) is 2. The van der Waals surface area contributed by atoms with E-state index in [-0.39, 0.29) is 37.3 Å². The molecule has 10 nitrogen and oxygen atoms in total. The van der Waals surface area contributed by atoms with E-state index in [4.69, 9.17) is 9.84 Å². The molecule has 2 aromatic carbocycles. The van der Waals surface area contributed by atoms with E-state index >= 15 is 0 Å². The van der Waals surface area contributed by atoms with Gasteiger partial charge in [-0.15, -0.1) is 5.10 Å². The van der Waals surface area contributed by atoms with Crippen molar-refractivity contribution in [2.24, 2.45) is 5.92 Å². The van der Waals surface area contributed by atoms with Gasteiger partial charge in [-0.05, 0) is 28.7 Å². The van der Waals surface area contributed by atoms with Crippen molar-refractivity contribution in [1.29, 1.82) is 0 Å². The highest BCUT2D eigenvalue weighted by molar-refractivity contribution is 5.91. The number of amides is 2. The predicted molar refractivity (Wildman–Crippen MR) is 119 cm³/mol. The molecule has 2 amide bonds. The predicted octanol–water partition coefficient (Wildman–Crippen LogP) is 3.01. The quantitative estimate of drug-likeness (QED) is 0.413. The minimum atomic E-state index is -0.932. The van der Waals surface area contributed by atoms with Gasteiger partial charge in [0.15, 0.2) is 0 Å². The van der Waals surface area contributed by atoms with Gasteiger partial charge in [0, 0.05) is 12.5 Å². The zero-order chi connectivity index (χ0) is 23.4. The Morgan fingerprint density at radius 2 is 1.73 bits per heavy atom. The molecule has 4 N–H and O–H groups in total. The number of rotatable bonds is 8. The molecule has 0 spiro atoms. The number of fused-ring (bicyclic) bond motifs is 3. The van der Waals surface area contributed by atoms with Crippen LogP contribution in [0.1, 0.15) is 41.0 Å².